The maximum absolute atomic E-state index is 12.8. The van der Waals surface area contributed by atoms with Crippen LogP contribution in [0.3, 0.4) is 0 Å². The van der Waals surface area contributed by atoms with E-state index in [-0.39, 0.29) is 23.1 Å². The molecule has 2 N–H and O–H groups in total. The van der Waals surface area contributed by atoms with E-state index in [1.165, 1.54) is 18.2 Å². The fourth-order valence-electron chi connectivity index (χ4n) is 1.34. The third kappa shape index (κ3) is 3.29. The minimum absolute atomic E-state index is 0.0801. The largest absolute Gasteiger partial charge is 0.321 e. The van der Waals surface area contributed by atoms with Gasteiger partial charge in [-0.3, -0.25) is 4.79 Å². The van der Waals surface area contributed by atoms with Gasteiger partial charge in [0, 0.05) is 11.4 Å². The third-order valence-corrected chi connectivity index (χ3v) is 2.82. The molecule has 2 nitrogen and oxygen atoms in total. The number of Topliss-reactive ketones (excluding diaryl/α,β-unsaturated/α-hetero) is 1. The Kier molecular flexibility index (Phi) is 4.44. The van der Waals surface area contributed by atoms with Crippen molar-refractivity contribution in [2.24, 2.45) is 11.7 Å². The first-order valence-corrected chi connectivity index (χ1v) is 5.52. The molecule has 0 aliphatic rings. The van der Waals surface area contributed by atoms with Crippen LogP contribution in [0, 0.1) is 11.7 Å². The van der Waals surface area contributed by atoms with Crippen molar-refractivity contribution in [3.63, 3.8) is 0 Å². The summed E-state index contributed by atoms with van der Waals surface area (Å²) in [6, 6.07) is 3.50. The summed E-state index contributed by atoms with van der Waals surface area (Å²) in [6.45, 7) is 3.77. The predicted octanol–water partition coefficient (Wildman–Crippen LogP) is 2.57. The van der Waals surface area contributed by atoms with E-state index in [1.54, 1.807) is 0 Å². The lowest BCUT2D eigenvalue weighted by atomic mass is 9.96. The zero-order valence-electron chi connectivity index (χ0n) is 9.34. The van der Waals surface area contributed by atoms with Crippen LogP contribution in [0.4, 0.5) is 4.39 Å². The van der Waals surface area contributed by atoms with Gasteiger partial charge in [-0.1, -0.05) is 31.5 Å². The van der Waals surface area contributed by atoms with E-state index in [2.05, 4.69) is 0 Å². The van der Waals surface area contributed by atoms with Crippen LogP contribution in [0.5, 0.6) is 0 Å². The second-order valence-electron chi connectivity index (χ2n) is 4.15. The smallest absolute Gasteiger partial charge is 0.154 e. The van der Waals surface area contributed by atoms with E-state index in [4.69, 9.17) is 17.3 Å². The summed E-state index contributed by atoms with van der Waals surface area (Å²) in [7, 11) is 0. The average molecular weight is 244 g/mol. The van der Waals surface area contributed by atoms with Gasteiger partial charge in [0.15, 0.2) is 5.78 Å². The molecule has 0 bridgehead atoms. The molecule has 0 aromatic heterocycles. The number of carbonyl (C=O) groups is 1. The molecule has 0 saturated heterocycles. The summed E-state index contributed by atoms with van der Waals surface area (Å²) < 4.78 is 12.8. The van der Waals surface area contributed by atoms with E-state index < -0.39 is 11.9 Å². The Bertz CT molecular complexity index is 393. The molecule has 16 heavy (non-hydrogen) atoms. The topological polar surface area (TPSA) is 43.1 Å². The Morgan fingerprint density at radius 3 is 2.62 bits per heavy atom. The SMILES string of the molecule is CC(C)C(N)C(=O)Cc1ccc(F)cc1Cl. The van der Waals surface area contributed by atoms with Crippen molar-refractivity contribution in [3.8, 4) is 0 Å². The molecule has 0 spiro atoms. The van der Waals surface area contributed by atoms with Crippen molar-refractivity contribution in [2.45, 2.75) is 26.3 Å². The third-order valence-electron chi connectivity index (χ3n) is 2.47. The van der Waals surface area contributed by atoms with Gasteiger partial charge in [-0.15, -0.1) is 0 Å². The first-order chi connectivity index (χ1) is 7.41. The lowest BCUT2D eigenvalue weighted by Crippen LogP contribution is -2.36. The van der Waals surface area contributed by atoms with Gasteiger partial charge in [0.05, 0.1) is 6.04 Å². The number of halogens is 2. The van der Waals surface area contributed by atoms with E-state index in [0.717, 1.165) is 0 Å². The van der Waals surface area contributed by atoms with Crippen molar-refractivity contribution in [2.75, 3.05) is 0 Å². The number of nitrogens with two attached hydrogens (primary N) is 1. The molecule has 0 fully saturated rings. The zero-order chi connectivity index (χ0) is 12.3. The Hall–Kier alpha value is -0.930. The van der Waals surface area contributed by atoms with E-state index in [0.29, 0.717) is 5.56 Å². The van der Waals surface area contributed by atoms with Gasteiger partial charge < -0.3 is 5.73 Å². The van der Waals surface area contributed by atoms with Crippen LogP contribution in [0.15, 0.2) is 18.2 Å². The zero-order valence-corrected chi connectivity index (χ0v) is 10.1. The molecule has 0 amide bonds. The number of carbonyl (C=O) groups excluding carboxylic acids is 1. The number of benzene rings is 1. The standard InChI is InChI=1S/C12H15ClFNO/c1-7(2)12(15)11(16)5-8-3-4-9(14)6-10(8)13/h3-4,6-7,12H,5,15H2,1-2H3. The maximum atomic E-state index is 12.8. The maximum Gasteiger partial charge on any atom is 0.154 e. The first kappa shape index (κ1) is 13.1. The van der Waals surface area contributed by atoms with Crippen LogP contribution in [-0.2, 0) is 11.2 Å². The van der Waals surface area contributed by atoms with Crippen molar-refractivity contribution in [3.05, 3.63) is 34.6 Å². The summed E-state index contributed by atoms with van der Waals surface area (Å²) in [5.74, 6) is -0.399. The lowest BCUT2D eigenvalue weighted by Gasteiger charge is -2.14. The molecule has 1 unspecified atom stereocenters. The lowest BCUT2D eigenvalue weighted by molar-refractivity contribution is -0.120. The van der Waals surface area contributed by atoms with E-state index in [1.807, 2.05) is 13.8 Å². The summed E-state index contributed by atoms with van der Waals surface area (Å²) in [5, 5.41) is 0.268. The minimum Gasteiger partial charge on any atom is -0.321 e. The fraction of sp³-hybridized carbons (Fsp3) is 0.417. The first-order valence-electron chi connectivity index (χ1n) is 5.14. The summed E-state index contributed by atoms with van der Waals surface area (Å²) in [4.78, 5) is 11.7. The highest BCUT2D eigenvalue weighted by Gasteiger charge is 2.18. The highest BCUT2D eigenvalue weighted by atomic mass is 35.5. The summed E-state index contributed by atoms with van der Waals surface area (Å²) in [5.41, 5.74) is 6.34. The molecule has 0 saturated carbocycles. The highest BCUT2D eigenvalue weighted by Crippen LogP contribution is 2.18. The molecule has 0 radical (unpaired) electrons. The van der Waals surface area contributed by atoms with Crippen LogP contribution in [-0.4, -0.2) is 11.8 Å². The molecule has 0 heterocycles. The molecule has 0 aliphatic carbocycles. The molecule has 4 heteroatoms. The van der Waals surface area contributed by atoms with E-state index >= 15 is 0 Å². The minimum atomic E-state index is -0.499. The second kappa shape index (κ2) is 5.41. The van der Waals surface area contributed by atoms with Crippen molar-refractivity contribution in [1.82, 2.24) is 0 Å². The number of ketones is 1. The molecule has 1 aromatic rings. The highest BCUT2D eigenvalue weighted by molar-refractivity contribution is 6.31. The molecular weight excluding hydrogens is 229 g/mol. The Labute approximate surface area is 99.6 Å². The van der Waals surface area contributed by atoms with Crippen molar-refractivity contribution in [1.29, 1.82) is 0 Å². The average Bonchev–Trinajstić information content (AvgIpc) is 2.20. The van der Waals surface area contributed by atoms with Gasteiger partial charge in [0.2, 0.25) is 0 Å². The van der Waals surface area contributed by atoms with Gasteiger partial charge in [0.25, 0.3) is 0 Å². The monoisotopic (exact) mass is 243 g/mol. The van der Waals surface area contributed by atoms with Crippen LogP contribution < -0.4 is 5.73 Å². The molecule has 1 rings (SSSR count). The number of hydrogen-bond donors (Lipinski definition) is 1. The number of rotatable bonds is 4. The molecule has 0 aliphatic heterocycles. The van der Waals surface area contributed by atoms with Gasteiger partial charge in [-0.05, 0) is 23.6 Å². The Morgan fingerprint density at radius 2 is 2.12 bits per heavy atom. The van der Waals surface area contributed by atoms with Crippen molar-refractivity contribution >= 4 is 17.4 Å². The molecule has 1 aromatic carbocycles. The van der Waals surface area contributed by atoms with Crippen LogP contribution in [0.2, 0.25) is 5.02 Å². The van der Waals surface area contributed by atoms with Gasteiger partial charge in [-0.25, -0.2) is 4.39 Å². The van der Waals surface area contributed by atoms with Crippen LogP contribution in [0.25, 0.3) is 0 Å². The molecular formula is C12H15ClFNO. The van der Waals surface area contributed by atoms with E-state index in [9.17, 15) is 9.18 Å². The molecule has 1 atom stereocenters. The Morgan fingerprint density at radius 1 is 1.50 bits per heavy atom. The normalized spacial score (nSPS) is 12.9. The van der Waals surface area contributed by atoms with Gasteiger partial charge in [-0.2, -0.15) is 0 Å². The van der Waals surface area contributed by atoms with Crippen LogP contribution in [0.1, 0.15) is 19.4 Å². The summed E-state index contributed by atoms with van der Waals surface area (Å²) >= 11 is 5.82. The van der Waals surface area contributed by atoms with Crippen molar-refractivity contribution < 1.29 is 9.18 Å². The Balaban J connectivity index is 2.77. The van der Waals surface area contributed by atoms with Crippen LogP contribution >= 0.6 is 11.6 Å². The van der Waals surface area contributed by atoms with Gasteiger partial charge >= 0.3 is 0 Å². The number of hydrogen-bond acceptors (Lipinski definition) is 2. The second-order valence-corrected chi connectivity index (χ2v) is 4.56. The summed E-state index contributed by atoms with van der Waals surface area (Å²) in [6.07, 6.45) is 0.151. The fourth-order valence-corrected chi connectivity index (χ4v) is 1.58. The molecule has 88 valence electrons. The van der Waals surface area contributed by atoms with Gasteiger partial charge in [0.1, 0.15) is 5.82 Å². The quantitative estimate of drug-likeness (QED) is 0.883. The predicted molar refractivity (Wildman–Crippen MR) is 62.9 cm³/mol.